The lowest BCUT2D eigenvalue weighted by Crippen LogP contribution is -2.56. The Balaban J connectivity index is 2.15. The van der Waals surface area contributed by atoms with E-state index in [0.29, 0.717) is 6.61 Å². The maximum atomic E-state index is 12.0. The Kier molecular flexibility index (Phi) is 7.63. The molecule has 0 spiro atoms. The monoisotopic (exact) mass is 422 g/mol. The van der Waals surface area contributed by atoms with E-state index in [-0.39, 0.29) is 18.5 Å². The highest BCUT2D eigenvalue weighted by Gasteiger charge is 2.51. The lowest BCUT2D eigenvalue weighted by atomic mass is 9.76. The van der Waals surface area contributed by atoms with Crippen LogP contribution in [-0.2, 0) is 25.4 Å². The van der Waals surface area contributed by atoms with Crippen molar-refractivity contribution >= 4 is 40.8 Å². The van der Waals surface area contributed by atoms with Crippen molar-refractivity contribution in [3.63, 3.8) is 0 Å². The molecule has 0 aliphatic carbocycles. The summed E-state index contributed by atoms with van der Waals surface area (Å²) in [6.45, 7) is 6.08. The number of esters is 1. The molecular formula is C19H25Cl3O4. The zero-order valence-corrected chi connectivity index (χ0v) is 17.5. The predicted octanol–water partition coefficient (Wildman–Crippen LogP) is 5.08. The van der Waals surface area contributed by atoms with Gasteiger partial charge in [0.1, 0.15) is 0 Å². The number of hydrogen-bond donors (Lipinski definition) is 0. The van der Waals surface area contributed by atoms with E-state index in [2.05, 4.69) is 12.1 Å². The summed E-state index contributed by atoms with van der Waals surface area (Å²) in [6.07, 6.45) is -0.137. The number of rotatable bonds is 6. The van der Waals surface area contributed by atoms with Crippen LogP contribution in [0.2, 0.25) is 0 Å². The molecule has 0 N–H and O–H groups in total. The minimum atomic E-state index is -1.74. The SMILES string of the molecule is CCOC(=O)C[C@@H]1O[C@H](C(Cl)(Cl)Cl)O[C@H](CCc2ccccc2)C1(C)C. The van der Waals surface area contributed by atoms with E-state index in [1.54, 1.807) is 6.92 Å². The molecule has 1 aliphatic rings. The predicted molar refractivity (Wildman–Crippen MR) is 104 cm³/mol. The van der Waals surface area contributed by atoms with Gasteiger partial charge in [0.15, 0.2) is 0 Å². The van der Waals surface area contributed by atoms with Crippen molar-refractivity contribution in [3.05, 3.63) is 35.9 Å². The number of halogens is 3. The topological polar surface area (TPSA) is 44.8 Å². The van der Waals surface area contributed by atoms with Gasteiger partial charge in [-0.2, -0.15) is 0 Å². The number of alkyl halides is 3. The van der Waals surface area contributed by atoms with Crippen molar-refractivity contribution in [2.45, 2.75) is 62.3 Å². The number of carbonyl (C=O) groups is 1. The van der Waals surface area contributed by atoms with Crippen molar-refractivity contribution in [3.8, 4) is 0 Å². The van der Waals surface area contributed by atoms with Crippen LogP contribution < -0.4 is 0 Å². The zero-order chi connectivity index (χ0) is 19.4. The maximum Gasteiger partial charge on any atom is 0.308 e. The fourth-order valence-corrected chi connectivity index (χ4v) is 3.42. The van der Waals surface area contributed by atoms with Gasteiger partial charge < -0.3 is 14.2 Å². The molecule has 0 saturated carbocycles. The summed E-state index contributed by atoms with van der Waals surface area (Å²) in [4.78, 5) is 12.0. The van der Waals surface area contributed by atoms with E-state index in [4.69, 9.17) is 49.0 Å². The minimum Gasteiger partial charge on any atom is -0.466 e. The normalized spacial score (nSPS) is 25.7. The molecule has 1 saturated heterocycles. The van der Waals surface area contributed by atoms with Crippen LogP contribution in [0, 0.1) is 5.41 Å². The third kappa shape index (κ3) is 5.74. The van der Waals surface area contributed by atoms with Crippen LogP contribution in [0.5, 0.6) is 0 Å². The second-order valence-corrected chi connectivity index (χ2v) is 9.35. The highest BCUT2D eigenvalue weighted by molar-refractivity contribution is 6.67. The largest absolute Gasteiger partial charge is 0.466 e. The molecule has 1 fully saturated rings. The molecule has 1 aliphatic heterocycles. The molecule has 2 rings (SSSR count). The molecular weight excluding hydrogens is 399 g/mol. The number of carbonyl (C=O) groups excluding carboxylic acids is 1. The molecule has 4 nitrogen and oxygen atoms in total. The molecule has 7 heteroatoms. The molecule has 26 heavy (non-hydrogen) atoms. The number of hydrogen-bond acceptors (Lipinski definition) is 4. The molecule has 146 valence electrons. The fourth-order valence-electron chi connectivity index (χ4n) is 3.11. The standard InChI is InChI=1S/C19H25Cl3O4/c1-4-24-16(23)12-15-18(2,3)14(25-17(26-15)19(20,21)22)11-10-13-8-6-5-7-9-13/h5-9,14-15,17H,4,10-12H2,1-3H3/t14-,15+,17-/m1/s1. The van der Waals surface area contributed by atoms with Crippen molar-refractivity contribution in [2.75, 3.05) is 6.61 Å². The third-order valence-corrected chi connectivity index (χ3v) is 5.23. The molecule has 1 aromatic carbocycles. The molecule has 0 radical (unpaired) electrons. The molecule has 0 unspecified atom stereocenters. The van der Waals surface area contributed by atoms with Crippen molar-refractivity contribution < 1.29 is 19.0 Å². The smallest absolute Gasteiger partial charge is 0.308 e. The Hall–Kier alpha value is -0.520. The van der Waals surface area contributed by atoms with Gasteiger partial charge in [-0.3, -0.25) is 4.79 Å². The van der Waals surface area contributed by atoms with Crippen LogP contribution in [-0.4, -0.2) is 34.9 Å². The van der Waals surface area contributed by atoms with E-state index in [9.17, 15) is 4.79 Å². The summed E-state index contributed by atoms with van der Waals surface area (Å²) in [5.41, 5.74) is 0.749. The minimum absolute atomic E-state index is 0.0866. The van der Waals surface area contributed by atoms with Gasteiger partial charge in [-0.05, 0) is 25.3 Å². The summed E-state index contributed by atoms with van der Waals surface area (Å²) in [6, 6.07) is 10.1. The molecule has 0 aromatic heterocycles. The van der Waals surface area contributed by atoms with Crippen molar-refractivity contribution in [2.24, 2.45) is 5.41 Å². The number of aryl methyl sites for hydroxylation is 1. The Morgan fingerprint density at radius 1 is 1.15 bits per heavy atom. The summed E-state index contributed by atoms with van der Waals surface area (Å²) < 4.78 is 15.2. The van der Waals surface area contributed by atoms with E-state index in [1.807, 2.05) is 32.0 Å². The average Bonchev–Trinajstić information content (AvgIpc) is 2.55. The first-order valence-electron chi connectivity index (χ1n) is 8.71. The Morgan fingerprint density at radius 2 is 1.77 bits per heavy atom. The third-order valence-electron chi connectivity index (χ3n) is 4.70. The lowest BCUT2D eigenvalue weighted by Gasteiger charge is -2.49. The van der Waals surface area contributed by atoms with E-state index in [0.717, 1.165) is 12.8 Å². The number of ether oxygens (including phenoxy) is 3. The molecule has 1 aromatic rings. The van der Waals surface area contributed by atoms with Gasteiger partial charge in [0.25, 0.3) is 0 Å². The van der Waals surface area contributed by atoms with Crippen molar-refractivity contribution in [1.82, 2.24) is 0 Å². The van der Waals surface area contributed by atoms with Gasteiger partial charge in [0.05, 0.1) is 25.2 Å². The Morgan fingerprint density at radius 3 is 2.35 bits per heavy atom. The summed E-state index contributed by atoms with van der Waals surface area (Å²) in [7, 11) is 0. The van der Waals surface area contributed by atoms with Crippen molar-refractivity contribution in [1.29, 1.82) is 0 Å². The van der Waals surface area contributed by atoms with Crippen LogP contribution in [0.25, 0.3) is 0 Å². The average molecular weight is 424 g/mol. The van der Waals surface area contributed by atoms with E-state index >= 15 is 0 Å². The van der Waals surface area contributed by atoms with Gasteiger partial charge in [-0.1, -0.05) is 79.0 Å². The first kappa shape index (κ1) is 21.8. The molecule has 1 heterocycles. The van der Waals surface area contributed by atoms with E-state index in [1.165, 1.54) is 5.56 Å². The molecule has 0 bridgehead atoms. The molecule has 3 atom stereocenters. The molecule has 0 amide bonds. The summed E-state index contributed by atoms with van der Waals surface area (Å²) in [5, 5.41) is 0. The van der Waals surface area contributed by atoms with Gasteiger partial charge in [0.2, 0.25) is 10.1 Å². The van der Waals surface area contributed by atoms with Crippen LogP contribution in [0.4, 0.5) is 0 Å². The quantitative estimate of drug-likeness (QED) is 0.473. The first-order valence-corrected chi connectivity index (χ1v) is 9.85. The van der Waals surface area contributed by atoms with Gasteiger partial charge in [0, 0.05) is 5.41 Å². The number of benzene rings is 1. The van der Waals surface area contributed by atoms with E-state index < -0.39 is 21.6 Å². The van der Waals surface area contributed by atoms with Crippen LogP contribution in [0.3, 0.4) is 0 Å². The van der Waals surface area contributed by atoms with Crippen LogP contribution in [0.1, 0.15) is 39.2 Å². The Bertz CT molecular complexity index is 586. The van der Waals surface area contributed by atoms with Gasteiger partial charge >= 0.3 is 5.97 Å². The lowest BCUT2D eigenvalue weighted by molar-refractivity contribution is -0.293. The maximum absolute atomic E-state index is 12.0. The second kappa shape index (κ2) is 9.11. The van der Waals surface area contributed by atoms with Crippen LogP contribution >= 0.6 is 34.8 Å². The van der Waals surface area contributed by atoms with Gasteiger partial charge in [-0.15, -0.1) is 0 Å². The second-order valence-electron chi connectivity index (χ2n) is 6.98. The summed E-state index contributed by atoms with van der Waals surface area (Å²) in [5.74, 6) is -0.336. The fraction of sp³-hybridized carbons (Fsp3) is 0.632. The van der Waals surface area contributed by atoms with Crippen LogP contribution in [0.15, 0.2) is 30.3 Å². The van der Waals surface area contributed by atoms with Gasteiger partial charge in [-0.25, -0.2) is 0 Å². The zero-order valence-electron chi connectivity index (χ0n) is 15.2. The highest BCUT2D eigenvalue weighted by atomic mass is 35.6. The first-order chi connectivity index (χ1) is 12.1. The Labute approximate surface area is 170 Å². The summed E-state index contributed by atoms with van der Waals surface area (Å²) >= 11 is 18.0. The highest BCUT2D eigenvalue weighted by Crippen LogP contribution is 2.45.